The van der Waals surface area contributed by atoms with Crippen LogP contribution in [0.4, 0.5) is 0 Å². The van der Waals surface area contributed by atoms with Gasteiger partial charge in [0.05, 0.1) is 6.10 Å². The molecule has 2 heterocycles. The maximum Gasteiger partial charge on any atom is 0.238 e. The summed E-state index contributed by atoms with van der Waals surface area (Å²) in [6.07, 6.45) is -0.109. The van der Waals surface area contributed by atoms with Gasteiger partial charge in [-0.3, -0.25) is 9.59 Å². The van der Waals surface area contributed by atoms with E-state index >= 15 is 0 Å². The summed E-state index contributed by atoms with van der Waals surface area (Å²) in [5.74, 6) is -1.44. The lowest BCUT2D eigenvalue weighted by molar-refractivity contribution is -0.131. The quantitative estimate of drug-likeness (QED) is 0.692. The number of β-amino-alcohol motifs (C(OH)–C–C–N with tert-alkyl or cyclic N) is 1. The summed E-state index contributed by atoms with van der Waals surface area (Å²) in [5, 5.41) is 11.0. The second-order valence-corrected chi connectivity index (χ2v) is 8.93. The number of ketones is 1. The summed E-state index contributed by atoms with van der Waals surface area (Å²) >= 11 is 15.6. The number of hydrogen-bond donors (Lipinski definition) is 1. The second kappa shape index (κ2) is 6.89. The molecular weight excluding hydrogens is 453 g/mol. The summed E-state index contributed by atoms with van der Waals surface area (Å²) < 4.78 is 0.937. The Kier molecular flexibility index (Phi) is 4.83. The highest BCUT2D eigenvalue weighted by Gasteiger charge is 2.62. The Morgan fingerprint density at radius 2 is 1.74 bits per heavy atom. The van der Waals surface area contributed by atoms with Crippen molar-refractivity contribution in [1.82, 2.24) is 4.90 Å². The Morgan fingerprint density at radius 1 is 1.11 bits per heavy atom. The molecule has 4 nitrogen and oxygen atoms in total. The highest BCUT2D eigenvalue weighted by Crippen LogP contribution is 2.46. The summed E-state index contributed by atoms with van der Waals surface area (Å²) in [7, 11) is 0. The van der Waals surface area contributed by atoms with Gasteiger partial charge in [0.25, 0.3) is 0 Å². The topological polar surface area (TPSA) is 57.6 Å². The van der Waals surface area contributed by atoms with Crippen LogP contribution < -0.4 is 0 Å². The van der Waals surface area contributed by atoms with Crippen molar-refractivity contribution in [3.63, 3.8) is 0 Å². The molecule has 0 radical (unpaired) electrons. The molecule has 2 fully saturated rings. The van der Waals surface area contributed by atoms with E-state index in [2.05, 4.69) is 15.9 Å². The predicted molar refractivity (Wildman–Crippen MR) is 107 cm³/mol. The Morgan fingerprint density at radius 3 is 2.37 bits per heavy atom. The van der Waals surface area contributed by atoms with Crippen molar-refractivity contribution in [3.8, 4) is 0 Å². The van der Waals surface area contributed by atoms with Crippen LogP contribution in [0, 0.1) is 0 Å². The van der Waals surface area contributed by atoms with Gasteiger partial charge in [0, 0.05) is 33.9 Å². The fraction of sp³-hybridized carbons (Fsp3) is 0.300. The third-order valence-corrected chi connectivity index (χ3v) is 6.31. The first-order chi connectivity index (χ1) is 12.8. The van der Waals surface area contributed by atoms with E-state index in [1.807, 2.05) is 24.3 Å². The summed E-state index contributed by atoms with van der Waals surface area (Å²) in [6, 6.07) is 12.4. The Bertz CT molecular complexity index is 913. The van der Waals surface area contributed by atoms with Crippen molar-refractivity contribution < 1.29 is 14.7 Å². The zero-order valence-electron chi connectivity index (χ0n) is 14.2. The average molecular weight is 469 g/mol. The van der Waals surface area contributed by atoms with Gasteiger partial charge in [-0.1, -0.05) is 51.3 Å². The van der Waals surface area contributed by atoms with Crippen molar-refractivity contribution in [3.05, 3.63) is 68.1 Å². The van der Waals surface area contributed by atoms with Crippen LogP contribution in [0.1, 0.15) is 23.5 Å². The molecule has 27 heavy (non-hydrogen) atoms. The van der Waals surface area contributed by atoms with E-state index in [1.165, 1.54) is 0 Å². The molecule has 0 spiro atoms. The maximum atomic E-state index is 13.5. The third kappa shape index (κ3) is 3.21. The molecule has 2 aliphatic heterocycles. The summed E-state index contributed by atoms with van der Waals surface area (Å²) in [5.41, 5.74) is 0.397. The molecule has 1 unspecified atom stereocenters. The minimum Gasteiger partial charge on any atom is -0.391 e. The van der Waals surface area contributed by atoms with E-state index in [0.29, 0.717) is 22.0 Å². The normalized spacial score (nSPS) is 27.3. The molecule has 2 aliphatic rings. The zero-order chi connectivity index (χ0) is 19.3. The maximum absolute atomic E-state index is 13.5. The Balaban J connectivity index is 1.76. The van der Waals surface area contributed by atoms with Crippen molar-refractivity contribution in [2.45, 2.75) is 30.4 Å². The average Bonchev–Trinajstić information content (AvgIpc) is 3.01. The number of carbonyl (C=O) groups is 2. The predicted octanol–water partition coefficient (Wildman–Crippen LogP) is 4.00. The van der Waals surface area contributed by atoms with Crippen LogP contribution in [0.25, 0.3) is 0 Å². The minimum atomic E-state index is -1.04. The first-order valence-corrected chi connectivity index (χ1v) is 10.1. The van der Waals surface area contributed by atoms with Crippen LogP contribution in [-0.2, 0) is 16.0 Å². The lowest BCUT2D eigenvalue weighted by atomic mass is 9.80. The lowest BCUT2D eigenvalue weighted by Crippen LogP contribution is -2.46. The van der Waals surface area contributed by atoms with E-state index in [1.54, 1.807) is 23.1 Å². The van der Waals surface area contributed by atoms with Gasteiger partial charge in [-0.05, 0) is 41.5 Å². The van der Waals surface area contributed by atoms with Gasteiger partial charge in [-0.25, -0.2) is 0 Å². The number of benzene rings is 2. The van der Waals surface area contributed by atoms with Crippen LogP contribution in [0.15, 0.2) is 46.9 Å². The standard InChI is InChI=1S/C20H16BrCl2NO3/c21-13-3-1-11(2-4-13)8-20-9-16(25)10-24(20)19(27)17(18(20)26)12-5-14(22)7-15(23)6-12/h1-7,16-17,25H,8-10H2/t16-,17?,20+/m1/s1. The van der Waals surface area contributed by atoms with Gasteiger partial charge in [0.15, 0.2) is 5.78 Å². The molecule has 0 aliphatic carbocycles. The number of aliphatic hydroxyl groups excluding tert-OH is 1. The summed E-state index contributed by atoms with van der Waals surface area (Å²) in [6.45, 7) is 0.159. The van der Waals surface area contributed by atoms with Crippen LogP contribution >= 0.6 is 39.1 Å². The molecular formula is C20H16BrCl2NO3. The molecule has 0 bridgehead atoms. The number of hydrogen-bond acceptors (Lipinski definition) is 3. The van der Waals surface area contributed by atoms with E-state index < -0.39 is 17.6 Å². The first-order valence-electron chi connectivity index (χ1n) is 8.54. The molecule has 2 saturated heterocycles. The van der Waals surface area contributed by atoms with Crippen molar-refractivity contribution >= 4 is 50.8 Å². The smallest absolute Gasteiger partial charge is 0.238 e. The van der Waals surface area contributed by atoms with Crippen LogP contribution in [0.2, 0.25) is 10.0 Å². The van der Waals surface area contributed by atoms with Crippen molar-refractivity contribution in [1.29, 1.82) is 0 Å². The van der Waals surface area contributed by atoms with Gasteiger partial charge >= 0.3 is 0 Å². The minimum absolute atomic E-state index is 0.159. The number of rotatable bonds is 3. The number of fused-ring (bicyclic) bond motifs is 1. The first kappa shape index (κ1) is 18.9. The molecule has 3 atom stereocenters. The van der Waals surface area contributed by atoms with E-state index in [9.17, 15) is 14.7 Å². The second-order valence-electron chi connectivity index (χ2n) is 7.14. The SMILES string of the molecule is O=C1C(c2cc(Cl)cc(Cl)c2)C(=O)[C@]2(Cc3ccc(Br)cc3)C[C@@H](O)CN12. The van der Waals surface area contributed by atoms with E-state index in [4.69, 9.17) is 23.2 Å². The molecule has 1 N–H and O–H groups in total. The number of aliphatic hydroxyl groups is 1. The molecule has 7 heteroatoms. The van der Waals surface area contributed by atoms with E-state index in [-0.39, 0.29) is 24.7 Å². The summed E-state index contributed by atoms with van der Waals surface area (Å²) in [4.78, 5) is 28.1. The van der Waals surface area contributed by atoms with Crippen molar-refractivity contribution in [2.75, 3.05) is 6.54 Å². The molecule has 2 aromatic rings. The number of Topliss-reactive ketones (excluding diaryl/α,β-unsaturated/α-hetero) is 1. The zero-order valence-corrected chi connectivity index (χ0v) is 17.3. The fourth-order valence-electron chi connectivity index (χ4n) is 4.25. The van der Waals surface area contributed by atoms with Gasteiger partial charge in [-0.15, -0.1) is 0 Å². The molecule has 0 aromatic heterocycles. The van der Waals surface area contributed by atoms with Crippen LogP contribution in [-0.4, -0.2) is 39.9 Å². The Labute approximate surface area is 175 Å². The number of carbonyl (C=O) groups excluding carboxylic acids is 2. The molecule has 2 aromatic carbocycles. The van der Waals surface area contributed by atoms with Gasteiger partial charge in [0.1, 0.15) is 11.5 Å². The van der Waals surface area contributed by atoms with E-state index in [0.717, 1.165) is 10.0 Å². The number of halogens is 3. The molecule has 140 valence electrons. The highest BCUT2D eigenvalue weighted by atomic mass is 79.9. The fourth-order valence-corrected chi connectivity index (χ4v) is 5.06. The highest BCUT2D eigenvalue weighted by molar-refractivity contribution is 9.10. The molecule has 1 amide bonds. The molecule has 0 saturated carbocycles. The van der Waals surface area contributed by atoms with Crippen molar-refractivity contribution in [2.24, 2.45) is 0 Å². The largest absolute Gasteiger partial charge is 0.391 e. The van der Waals surface area contributed by atoms with Crippen LogP contribution in [0.3, 0.4) is 0 Å². The monoisotopic (exact) mass is 467 g/mol. The van der Waals surface area contributed by atoms with Gasteiger partial charge < -0.3 is 10.0 Å². The number of nitrogens with zero attached hydrogens (tertiary/aromatic N) is 1. The Hall–Kier alpha value is -1.40. The van der Waals surface area contributed by atoms with Gasteiger partial charge in [-0.2, -0.15) is 0 Å². The third-order valence-electron chi connectivity index (χ3n) is 5.35. The van der Waals surface area contributed by atoms with Crippen LogP contribution in [0.5, 0.6) is 0 Å². The number of amides is 1. The molecule has 4 rings (SSSR count). The lowest BCUT2D eigenvalue weighted by Gasteiger charge is -2.30. The van der Waals surface area contributed by atoms with Gasteiger partial charge in [0.2, 0.25) is 5.91 Å².